The summed E-state index contributed by atoms with van der Waals surface area (Å²) in [5.74, 6) is -0.287. The number of nitrogens with two attached hydrogens (primary N) is 1. The van der Waals surface area contributed by atoms with Gasteiger partial charge in [0.25, 0.3) is 0 Å². The van der Waals surface area contributed by atoms with Crippen LogP contribution >= 0.6 is 0 Å². The van der Waals surface area contributed by atoms with Gasteiger partial charge in [-0.25, -0.2) is 4.39 Å². The Labute approximate surface area is 118 Å². The van der Waals surface area contributed by atoms with Crippen LogP contribution in [0, 0.1) is 5.82 Å². The average Bonchev–Trinajstić information content (AvgIpc) is 2.84. The van der Waals surface area contributed by atoms with Crippen molar-refractivity contribution in [3.8, 4) is 0 Å². The van der Waals surface area contributed by atoms with Crippen molar-refractivity contribution in [2.45, 2.75) is 44.2 Å². The van der Waals surface area contributed by atoms with Crippen molar-refractivity contribution in [1.29, 1.82) is 0 Å². The lowest BCUT2D eigenvalue weighted by molar-refractivity contribution is -0.118. The summed E-state index contributed by atoms with van der Waals surface area (Å²) in [5.41, 5.74) is 8.42. The Kier molecular flexibility index (Phi) is 3.57. The molecule has 2 aliphatic carbocycles. The number of amides is 1. The third kappa shape index (κ3) is 2.75. The second-order valence-corrected chi connectivity index (χ2v) is 5.77. The van der Waals surface area contributed by atoms with E-state index in [1.165, 1.54) is 12.1 Å². The number of fused-ring (bicyclic) bond motifs is 1. The van der Waals surface area contributed by atoms with Crippen LogP contribution in [0.5, 0.6) is 0 Å². The molecule has 0 atom stereocenters. The largest absolute Gasteiger partial charge is 0.350 e. The fraction of sp³-hybridized carbons (Fsp3) is 0.438. The molecule has 0 bridgehead atoms. The molecule has 1 amide bonds. The Bertz CT molecular complexity index is 560. The molecule has 1 aromatic rings. The molecule has 0 saturated heterocycles. The van der Waals surface area contributed by atoms with Gasteiger partial charge in [0.1, 0.15) is 5.82 Å². The van der Waals surface area contributed by atoms with Gasteiger partial charge >= 0.3 is 0 Å². The normalized spacial score (nSPS) is 25.0. The summed E-state index contributed by atoms with van der Waals surface area (Å²) < 4.78 is 13.2. The number of carbonyl (C=O) groups is 1. The first-order chi connectivity index (χ1) is 9.61. The molecule has 1 aromatic carbocycles. The van der Waals surface area contributed by atoms with E-state index in [9.17, 15) is 9.18 Å². The topological polar surface area (TPSA) is 55.1 Å². The lowest BCUT2D eigenvalue weighted by Crippen LogP contribution is -2.41. The van der Waals surface area contributed by atoms with Crippen molar-refractivity contribution in [2.75, 3.05) is 0 Å². The van der Waals surface area contributed by atoms with Gasteiger partial charge in [-0.3, -0.25) is 4.79 Å². The number of hydrogen-bond acceptors (Lipinski definition) is 2. The van der Waals surface area contributed by atoms with E-state index in [0.717, 1.165) is 42.4 Å². The predicted molar refractivity (Wildman–Crippen MR) is 76.5 cm³/mol. The minimum absolute atomic E-state index is 0.0259. The number of rotatable bonds is 2. The summed E-state index contributed by atoms with van der Waals surface area (Å²) in [6.07, 6.45) is 6.21. The van der Waals surface area contributed by atoms with E-state index in [0.29, 0.717) is 6.42 Å². The van der Waals surface area contributed by atoms with Crippen LogP contribution in [0.15, 0.2) is 23.8 Å². The van der Waals surface area contributed by atoms with Crippen molar-refractivity contribution in [3.63, 3.8) is 0 Å². The minimum Gasteiger partial charge on any atom is -0.350 e. The number of carbonyl (C=O) groups excluding carboxylic acids is 1. The molecule has 3 nitrogen and oxygen atoms in total. The van der Waals surface area contributed by atoms with Gasteiger partial charge in [-0.1, -0.05) is 6.07 Å². The number of nitrogens with one attached hydrogen (secondary N) is 1. The molecule has 2 aliphatic rings. The van der Waals surface area contributed by atoms with E-state index in [4.69, 9.17) is 5.73 Å². The van der Waals surface area contributed by atoms with Crippen LogP contribution in [-0.4, -0.2) is 18.0 Å². The highest BCUT2D eigenvalue weighted by atomic mass is 19.1. The number of benzene rings is 1. The predicted octanol–water partition coefficient (Wildman–Crippen LogP) is 2.15. The third-order valence-electron chi connectivity index (χ3n) is 4.22. The first-order valence-corrected chi connectivity index (χ1v) is 7.17. The van der Waals surface area contributed by atoms with Crippen LogP contribution in [-0.2, 0) is 11.2 Å². The fourth-order valence-electron chi connectivity index (χ4n) is 2.99. The molecule has 0 aromatic heterocycles. The first kappa shape index (κ1) is 13.3. The summed E-state index contributed by atoms with van der Waals surface area (Å²) >= 11 is 0. The van der Waals surface area contributed by atoms with Crippen LogP contribution < -0.4 is 11.1 Å². The Balaban J connectivity index is 1.63. The summed E-state index contributed by atoms with van der Waals surface area (Å²) in [5, 5.41) is 3.07. The molecule has 0 aliphatic heterocycles. The minimum atomic E-state index is -0.261. The lowest BCUT2D eigenvalue weighted by Gasteiger charge is -2.26. The molecule has 0 spiro atoms. The van der Waals surface area contributed by atoms with Gasteiger partial charge in [0.2, 0.25) is 5.91 Å². The quantitative estimate of drug-likeness (QED) is 0.868. The maximum atomic E-state index is 13.2. The highest BCUT2D eigenvalue weighted by Crippen LogP contribution is 2.26. The van der Waals surface area contributed by atoms with E-state index in [1.807, 2.05) is 0 Å². The van der Waals surface area contributed by atoms with E-state index in [-0.39, 0.29) is 23.8 Å². The number of halogens is 1. The van der Waals surface area contributed by atoms with Gasteiger partial charge in [0.05, 0.1) is 0 Å². The van der Waals surface area contributed by atoms with E-state index in [2.05, 4.69) is 5.32 Å². The number of hydrogen-bond donors (Lipinski definition) is 2. The maximum absolute atomic E-state index is 13.2. The van der Waals surface area contributed by atoms with Crippen molar-refractivity contribution in [2.24, 2.45) is 5.73 Å². The highest BCUT2D eigenvalue weighted by molar-refractivity contribution is 6.00. The molecule has 3 N–H and O–H groups in total. The van der Waals surface area contributed by atoms with Gasteiger partial charge in [-0.2, -0.15) is 0 Å². The van der Waals surface area contributed by atoms with Gasteiger partial charge in [-0.15, -0.1) is 0 Å². The lowest BCUT2D eigenvalue weighted by atomic mass is 9.91. The van der Waals surface area contributed by atoms with Crippen LogP contribution in [0.4, 0.5) is 4.39 Å². The van der Waals surface area contributed by atoms with Gasteiger partial charge in [0.15, 0.2) is 0 Å². The molecule has 1 saturated carbocycles. The zero-order chi connectivity index (χ0) is 14.1. The Morgan fingerprint density at radius 3 is 2.75 bits per heavy atom. The third-order valence-corrected chi connectivity index (χ3v) is 4.22. The average molecular weight is 274 g/mol. The van der Waals surface area contributed by atoms with Crippen molar-refractivity contribution in [1.82, 2.24) is 5.32 Å². The van der Waals surface area contributed by atoms with E-state index >= 15 is 0 Å². The summed E-state index contributed by atoms with van der Waals surface area (Å²) in [4.78, 5) is 12.2. The SMILES string of the molecule is NC1CCC(NC(=O)C2=Cc3cc(F)ccc3C2)CC1. The molecule has 1 fully saturated rings. The Morgan fingerprint density at radius 1 is 1.25 bits per heavy atom. The standard InChI is InChI=1S/C16H19FN2O/c17-13-2-1-10-7-12(8-11(10)9-13)16(20)19-15-5-3-14(18)4-6-15/h1-2,8-9,14-15H,3-7,18H2,(H,19,20). The summed E-state index contributed by atoms with van der Waals surface area (Å²) in [7, 11) is 0. The van der Waals surface area contributed by atoms with Crippen LogP contribution in [0.25, 0.3) is 6.08 Å². The molecule has 0 unspecified atom stereocenters. The molecule has 0 radical (unpaired) electrons. The maximum Gasteiger partial charge on any atom is 0.247 e. The van der Waals surface area contributed by atoms with E-state index in [1.54, 1.807) is 12.1 Å². The smallest absolute Gasteiger partial charge is 0.247 e. The monoisotopic (exact) mass is 274 g/mol. The molecular formula is C16H19FN2O. The van der Waals surface area contributed by atoms with Crippen LogP contribution in [0.3, 0.4) is 0 Å². The summed E-state index contributed by atoms with van der Waals surface area (Å²) in [6, 6.07) is 5.18. The zero-order valence-electron chi connectivity index (χ0n) is 11.4. The molecule has 4 heteroatoms. The zero-order valence-corrected chi connectivity index (χ0v) is 11.4. The van der Waals surface area contributed by atoms with Crippen molar-refractivity contribution >= 4 is 12.0 Å². The molecule has 106 valence electrons. The van der Waals surface area contributed by atoms with Gasteiger partial charge < -0.3 is 11.1 Å². The molecule has 0 heterocycles. The second kappa shape index (κ2) is 5.37. The van der Waals surface area contributed by atoms with E-state index < -0.39 is 0 Å². The first-order valence-electron chi connectivity index (χ1n) is 7.17. The van der Waals surface area contributed by atoms with Crippen molar-refractivity contribution in [3.05, 3.63) is 40.7 Å². The Morgan fingerprint density at radius 2 is 2.00 bits per heavy atom. The summed E-state index contributed by atoms with van der Waals surface area (Å²) in [6.45, 7) is 0. The van der Waals surface area contributed by atoms with Crippen LogP contribution in [0.1, 0.15) is 36.8 Å². The molecule has 3 rings (SSSR count). The van der Waals surface area contributed by atoms with Gasteiger partial charge in [-0.05, 0) is 55.0 Å². The van der Waals surface area contributed by atoms with Gasteiger partial charge in [0, 0.05) is 24.1 Å². The van der Waals surface area contributed by atoms with Crippen molar-refractivity contribution < 1.29 is 9.18 Å². The van der Waals surface area contributed by atoms with Crippen LogP contribution in [0.2, 0.25) is 0 Å². The second-order valence-electron chi connectivity index (χ2n) is 5.77. The highest BCUT2D eigenvalue weighted by Gasteiger charge is 2.23. The molecule has 20 heavy (non-hydrogen) atoms. The fourth-order valence-corrected chi connectivity index (χ4v) is 2.99. The molecular weight excluding hydrogens is 255 g/mol. The Hall–Kier alpha value is -1.68.